The molecule has 24 heavy (non-hydrogen) atoms. The molecular weight excluding hydrogens is 326 g/mol. The van der Waals surface area contributed by atoms with Crippen LogP contribution in [-0.4, -0.2) is 24.1 Å². The van der Waals surface area contributed by atoms with Crippen molar-refractivity contribution in [2.75, 3.05) is 7.11 Å². The van der Waals surface area contributed by atoms with Gasteiger partial charge in [-0.25, -0.2) is 4.98 Å². The van der Waals surface area contributed by atoms with Gasteiger partial charge in [-0.2, -0.15) is 0 Å². The minimum Gasteiger partial charge on any atom is -0.493 e. The van der Waals surface area contributed by atoms with E-state index in [1.54, 1.807) is 12.5 Å². The number of carbonyl (C=O) groups is 1. The topological polar surface area (TPSA) is 86.5 Å². The van der Waals surface area contributed by atoms with Gasteiger partial charge in [0.1, 0.15) is 10.7 Å². The lowest BCUT2D eigenvalue weighted by Gasteiger charge is -2.18. The van der Waals surface area contributed by atoms with E-state index in [0.29, 0.717) is 23.7 Å². The highest BCUT2D eigenvalue weighted by Gasteiger charge is 2.16. The Morgan fingerprint density at radius 2 is 2.08 bits per heavy atom. The van der Waals surface area contributed by atoms with Crippen LogP contribution in [0.25, 0.3) is 0 Å². The Bertz CT molecular complexity index is 700. The van der Waals surface area contributed by atoms with Gasteiger partial charge in [0, 0.05) is 11.9 Å². The Labute approximate surface area is 146 Å². The molecule has 7 heteroatoms. The van der Waals surface area contributed by atoms with Crippen molar-refractivity contribution in [2.24, 2.45) is 5.73 Å². The third-order valence-corrected chi connectivity index (χ3v) is 4.23. The zero-order valence-electron chi connectivity index (χ0n) is 14.3. The molecule has 0 aliphatic heterocycles. The van der Waals surface area contributed by atoms with Gasteiger partial charge in [0.05, 0.1) is 19.3 Å². The molecule has 0 spiro atoms. The van der Waals surface area contributed by atoms with Crippen molar-refractivity contribution in [3.63, 3.8) is 0 Å². The van der Waals surface area contributed by atoms with E-state index in [-0.39, 0.29) is 18.1 Å². The molecule has 130 valence electrons. The summed E-state index contributed by atoms with van der Waals surface area (Å²) in [6.07, 6.45) is 0.0586. The summed E-state index contributed by atoms with van der Waals surface area (Å²) in [5, 5.41) is 5.38. The number of ether oxygens (including phenoxy) is 2. The smallest absolute Gasteiger partial charge is 0.271 e. The molecular formula is C17H23N3O3S. The number of hydrogen-bond donors (Lipinski definition) is 2. The minimum absolute atomic E-state index is 0.0586. The average molecular weight is 349 g/mol. The van der Waals surface area contributed by atoms with Crippen LogP contribution in [0.15, 0.2) is 23.6 Å². The zero-order valence-corrected chi connectivity index (χ0v) is 15.1. The largest absolute Gasteiger partial charge is 0.493 e. The fraction of sp³-hybridized carbons (Fsp3) is 0.412. The number of hydrogen-bond acceptors (Lipinski definition) is 6. The summed E-state index contributed by atoms with van der Waals surface area (Å²) in [5.74, 6) is 1.10. The van der Waals surface area contributed by atoms with E-state index in [0.717, 1.165) is 10.6 Å². The van der Waals surface area contributed by atoms with E-state index in [9.17, 15) is 4.79 Å². The highest BCUT2D eigenvalue weighted by molar-refractivity contribution is 7.09. The molecule has 0 bridgehead atoms. The second-order valence-corrected chi connectivity index (χ2v) is 6.55. The van der Waals surface area contributed by atoms with Gasteiger partial charge < -0.3 is 20.5 Å². The quantitative estimate of drug-likeness (QED) is 0.803. The SMILES string of the molecule is COc1cc(C(C)NC(=O)c2csc(CN)n2)ccc1OC(C)C. The predicted octanol–water partition coefficient (Wildman–Crippen LogP) is 2.89. The van der Waals surface area contributed by atoms with Gasteiger partial charge in [-0.05, 0) is 38.5 Å². The van der Waals surface area contributed by atoms with Crippen LogP contribution >= 0.6 is 11.3 Å². The van der Waals surface area contributed by atoms with Crippen LogP contribution in [0.2, 0.25) is 0 Å². The zero-order chi connectivity index (χ0) is 17.7. The summed E-state index contributed by atoms with van der Waals surface area (Å²) in [6, 6.07) is 5.45. The normalized spacial score (nSPS) is 12.1. The van der Waals surface area contributed by atoms with Crippen LogP contribution in [0.5, 0.6) is 11.5 Å². The molecule has 6 nitrogen and oxygen atoms in total. The molecule has 1 unspecified atom stereocenters. The van der Waals surface area contributed by atoms with Gasteiger partial charge in [0.15, 0.2) is 11.5 Å². The number of amides is 1. The Hall–Kier alpha value is -2.12. The average Bonchev–Trinajstić information content (AvgIpc) is 3.03. The van der Waals surface area contributed by atoms with Crippen LogP contribution in [0.4, 0.5) is 0 Å². The van der Waals surface area contributed by atoms with E-state index in [1.165, 1.54) is 11.3 Å². The standard InChI is InChI=1S/C17H23N3O3S/c1-10(2)23-14-6-5-12(7-15(14)22-4)11(3)19-17(21)13-9-24-16(8-18)20-13/h5-7,9-11H,8,18H2,1-4H3,(H,19,21). The lowest BCUT2D eigenvalue weighted by atomic mass is 10.1. The third-order valence-electron chi connectivity index (χ3n) is 3.36. The highest BCUT2D eigenvalue weighted by Crippen LogP contribution is 2.31. The van der Waals surface area contributed by atoms with Crippen LogP contribution in [-0.2, 0) is 6.54 Å². The molecule has 2 rings (SSSR count). The predicted molar refractivity (Wildman–Crippen MR) is 94.6 cm³/mol. The first-order chi connectivity index (χ1) is 11.4. The second-order valence-electron chi connectivity index (χ2n) is 5.60. The number of nitrogens with one attached hydrogen (secondary N) is 1. The molecule has 0 aliphatic rings. The summed E-state index contributed by atoms with van der Waals surface area (Å²) < 4.78 is 11.1. The van der Waals surface area contributed by atoms with Gasteiger partial charge in [0.2, 0.25) is 0 Å². The van der Waals surface area contributed by atoms with Gasteiger partial charge in [0.25, 0.3) is 5.91 Å². The highest BCUT2D eigenvalue weighted by atomic mass is 32.1. The van der Waals surface area contributed by atoms with E-state index in [2.05, 4.69) is 10.3 Å². The first-order valence-electron chi connectivity index (χ1n) is 7.74. The Morgan fingerprint density at radius 1 is 1.33 bits per heavy atom. The number of carbonyl (C=O) groups excluding carboxylic acids is 1. The maximum atomic E-state index is 12.3. The van der Waals surface area contributed by atoms with E-state index in [1.807, 2.05) is 39.0 Å². The Morgan fingerprint density at radius 3 is 2.67 bits per heavy atom. The number of nitrogens with two attached hydrogens (primary N) is 1. The number of methoxy groups -OCH3 is 1. The Balaban J connectivity index is 2.11. The molecule has 3 N–H and O–H groups in total. The van der Waals surface area contributed by atoms with Crippen LogP contribution in [0, 0.1) is 0 Å². The maximum Gasteiger partial charge on any atom is 0.271 e. The van der Waals surface area contributed by atoms with Gasteiger partial charge in [-0.1, -0.05) is 6.07 Å². The molecule has 1 aromatic heterocycles. The maximum absolute atomic E-state index is 12.3. The summed E-state index contributed by atoms with van der Waals surface area (Å²) in [4.78, 5) is 16.5. The first-order valence-corrected chi connectivity index (χ1v) is 8.62. The van der Waals surface area contributed by atoms with Crippen molar-refractivity contribution in [1.29, 1.82) is 0 Å². The number of aromatic nitrogens is 1. The summed E-state index contributed by atoms with van der Waals surface area (Å²) in [5.41, 5.74) is 6.84. The first kappa shape index (κ1) is 18.2. The summed E-state index contributed by atoms with van der Waals surface area (Å²) in [6.45, 7) is 6.16. The van der Waals surface area contributed by atoms with Crippen LogP contribution in [0.1, 0.15) is 47.9 Å². The molecule has 0 radical (unpaired) electrons. The lowest BCUT2D eigenvalue weighted by molar-refractivity contribution is 0.0935. The molecule has 0 saturated carbocycles. The van der Waals surface area contributed by atoms with Crippen molar-refractivity contribution in [3.8, 4) is 11.5 Å². The molecule has 1 atom stereocenters. The van der Waals surface area contributed by atoms with Crippen LogP contribution in [0.3, 0.4) is 0 Å². The number of benzene rings is 1. The molecule has 0 aliphatic carbocycles. The number of rotatable bonds is 7. The van der Waals surface area contributed by atoms with E-state index in [4.69, 9.17) is 15.2 Å². The van der Waals surface area contributed by atoms with Crippen LogP contribution < -0.4 is 20.5 Å². The molecule has 1 amide bonds. The lowest BCUT2D eigenvalue weighted by Crippen LogP contribution is -2.27. The fourth-order valence-corrected chi connectivity index (χ4v) is 2.82. The van der Waals surface area contributed by atoms with Gasteiger partial charge in [-0.3, -0.25) is 4.79 Å². The Kier molecular flexibility index (Phi) is 6.16. The summed E-state index contributed by atoms with van der Waals surface area (Å²) >= 11 is 1.38. The molecule has 1 heterocycles. The second kappa shape index (κ2) is 8.12. The molecule has 1 aromatic carbocycles. The fourth-order valence-electron chi connectivity index (χ4n) is 2.17. The number of nitrogens with zero attached hydrogens (tertiary/aromatic N) is 1. The minimum atomic E-state index is -0.222. The van der Waals surface area contributed by atoms with E-state index < -0.39 is 0 Å². The molecule has 0 fully saturated rings. The van der Waals surface area contributed by atoms with E-state index >= 15 is 0 Å². The number of thiazole rings is 1. The summed E-state index contributed by atoms with van der Waals surface area (Å²) in [7, 11) is 1.60. The van der Waals surface area contributed by atoms with Crippen molar-refractivity contribution in [1.82, 2.24) is 10.3 Å². The van der Waals surface area contributed by atoms with Crippen molar-refractivity contribution in [2.45, 2.75) is 39.5 Å². The van der Waals surface area contributed by atoms with Crippen molar-refractivity contribution in [3.05, 3.63) is 39.8 Å². The van der Waals surface area contributed by atoms with Gasteiger partial charge in [-0.15, -0.1) is 11.3 Å². The van der Waals surface area contributed by atoms with Crippen molar-refractivity contribution < 1.29 is 14.3 Å². The molecule has 0 saturated heterocycles. The third kappa shape index (κ3) is 4.46. The van der Waals surface area contributed by atoms with Gasteiger partial charge >= 0.3 is 0 Å². The molecule has 2 aromatic rings. The van der Waals surface area contributed by atoms with Crippen molar-refractivity contribution >= 4 is 17.2 Å². The monoisotopic (exact) mass is 349 g/mol.